The molecular weight excluding hydrogens is 200 g/mol. The molecule has 0 spiro atoms. The van der Waals surface area contributed by atoms with Crippen molar-refractivity contribution in [3.63, 3.8) is 0 Å². The fourth-order valence-electron chi connectivity index (χ4n) is 4.28. The van der Waals surface area contributed by atoms with Crippen LogP contribution in [0.3, 0.4) is 0 Å². The number of carbonyl (C=O) groups excluding carboxylic acids is 1. The Hall–Kier alpha value is -0.370. The third kappa shape index (κ3) is 1.38. The minimum Gasteiger partial charge on any atom is -0.366 e. The number of hydrogen-bond acceptors (Lipinski definition) is 2. The largest absolute Gasteiger partial charge is 0.366 e. The van der Waals surface area contributed by atoms with E-state index in [4.69, 9.17) is 4.74 Å². The predicted molar refractivity (Wildman–Crippen MR) is 62.1 cm³/mol. The normalized spacial score (nSPS) is 55.1. The summed E-state index contributed by atoms with van der Waals surface area (Å²) in [4.78, 5) is 11.7. The van der Waals surface area contributed by atoms with E-state index in [-0.39, 0.29) is 5.60 Å². The van der Waals surface area contributed by atoms with Gasteiger partial charge < -0.3 is 4.74 Å². The zero-order valence-corrected chi connectivity index (χ0v) is 10.6. The molecule has 0 radical (unpaired) electrons. The Morgan fingerprint density at radius 1 is 1.25 bits per heavy atom. The number of hydrogen-bond donors (Lipinski definition) is 0. The van der Waals surface area contributed by atoms with Crippen LogP contribution < -0.4 is 0 Å². The Labute approximate surface area is 97.7 Å². The second-order valence-electron chi connectivity index (χ2n) is 6.68. The van der Waals surface area contributed by atoms with E-state index < -0.39 is 0 Å². The maximum atomic E-state index is 11.7. The van der Waals surface area contributed by atoms with Crippen LogP contribution in [0.4, 0.5) is 0 Å². The average molecular weight is 222 g/mol. The lowest BCUT2D eigenvalue weighted by Gasteiger charge is -2.32. The van der Waals surface area contributed by atoms with Crippen LogP contribution >= 0.6 is 0 Å². The van der Waals surface area contributed by atoms with Gasteiger partial charge in [-0.2, -0.15) is 0 Å². The first-order chi connectivity index (χ1) is 7.45. The molecule has 0 aromatic heterocycles. The van der Waals surface area contributed by atoms with E-state index in [0.717, 1.165) is 12.8 Å². The standard InChI is InChI=1S/C14H22O2/c1-9(15)10-4-6-13(2)8-12-14(3,16-12)7-5-11(10)13/h10-12H,4-8H2,1-3H3/t10-,11-,12-,13+,14+/m1/s1. The molecule has 2 saturated carbocycles. The van der Waals surface area contributed by atoms with E-state index in [0.29, 0.717) is 29.1 Å². The predicted octanol–water partition coefficient (Wildman–Crippen LogP) is 2.95. The molecule has 2 aliphatic carbocycles. The van der Waals surface area contributed by atoms with Crippen molar-refractivity contribution < 1.29 is 9.53 Å². The summed E-state index contributed by atoms with van der Waals surface area (Å²) in [5.41, 5.74) is 0.532. The molecule has 0 N–H and O–H groups in total. The molecule has 3 rings (SSSR count). The first-order valence-electron chi connectivity index (χ1n) is 6.63. The average Bonchev–Trinajstić information content (AvgIpc) is 2.68. The van der Waals surface area contributed by atoms with Crippen molar-refractivity contribution in [2.24, 2.45) is 17.3 Å². The van der Waals surface area contributed by atoms with E-state index in [2.05, 4.69) is 13.8 Å². The zero-order chi connectivity index (χ0) is 11.6. The second-order valence-corrected chi connectivity index (χ2v) is 6.68. The van der Waals surface area contributed by atoms with Gasteiger partial charge in [0.1, 0.15) is 5.78 Å². The third-order valence-electron chi connectivity index (χ3n) is 5.57. The molecule has 0 amide bonds. The maximum absolute atomic E-state index is 11.7. The highest BCUT2D eigenvalue weighted by atomic mass is 16.6. The maximum Gasteiger partial charge on any atom is 0.133 e. The molecule has 1 heterocycles. The van der Waals surface area contributed by atoms with Crippen LogP contribution in [0.25, 0.3) is 0 Å². The lowest BCUT2D eigenvalue weighted by atomic mass is 9.73. The van der Waals surface area contributed by atoms with Gasteiger partial charge in [0.25, 0.3) is 0 Å². The topological polar surface area (TPSA) is 29.6 Å². The van der Waals surface area contributed by atoms with Crippen molar-refractivity contribution in [2.45, 2.75) is 64.6 Å². The summed E-state index contributed by atoms with van der Waals surface area (Å²) in [6.45, 7) is 6.40. The van der Waals surface area contributed by atoms with E-state index in [1.807, 2.05) is 0 Å². The molecule has 5 atom stereocenters. The molecule has 1 aliphatic heterocycles. The van der Waals surface area contributed by atoms with Gasteiger partial charge in [0.15, 0.2) is 0 Å². The molecule has 0 aromatic rings. The van der Waals surface area contributed by atoms with Crippen LogP contribution in [0.1, 0.15) is 52.9 Å². The van der Waals surface area contributed by atoms with Crippen molar-refractivity contribution in [1.29, 1.82) is 0 Å². The summed E-state index contributed by atoms with van der Waals surface area (Å²) in [5, 5.41) is 0. The Kier molecular flexibility index (Phi) is 2.08. The SMILES string of the molecule is CC(=O)[C@H]1CC[C@@]2(C)C[C@H]3O[C@@]3(C)CC[C@H]12. The van der Waals surface area contributed by atoms with Gasteiger partial charge in [0, 0.05) is 5.92 Å². The Morgan fingerprint density at radius 2 is 2.00 bits per heavy atom. The highest BCUT2D eigenvalue weighted by Crippen LogP contribution is 2.60. The zero-order valence-electron chi connectivity index (χ0n) is 10.6. The summed E-state index contributed by atoms with van der Waals surface area (Å²) in [5.74, 6) is 1.37. The van der Waals surface area contributed by atoms with E-state index >= 15 is 0 Å². The van der Waals surface area contributed by atoms with Gasteiger partial charge in [0.2, 0.25) is 0 Å². The molecule has 3 aliphatic rings. The Bertz CT molecular complexity index is 338. The number of rotatable bonds is 1. The highest BCUT2D eigenvalue weighted by molar-refractivity contribution is 5.79. The third-order valence-corrected chi connectivity index (χ3v) is 5.57. The van der Waals surface area contributed by atoms with Crippen LogP contribution in [-0.4, -0.2) is 17.5 Å². The van der Waals surface area contributed by atoms with Gasteiger partial charge >= 0.3 is 0 Å². The van der Waals surface area contributed by atoms with Crippen LogP contribution in [-0.2, 0) is 9.53 Å². The van der Waals surface area contributed by atoms with Gasteiger partial charge in [-0.3, -0.25) is 4.79 Å². The fraction of sp³-hybridized carbons (Fsp3) is 0.929. The number of carbonyl (C=O) groups is 1. The van der Waals surface area contributed by atoms with Gasteiger partial charge in [-0.05, 0) is 57.3 Å². The second kappa shape index (κ2) is 3.10. The smallest absolute Gasteiger partial charge is 0.133 e. The molecule has 2 heteroatoms. The molecule has 0 bridgehead atoms. The van der Waals surface area contributed by atoms with Crippen molar-refractivity contribution in [3.8, 4) is 0 Å². The molecule has 90 valence electrons. The summed E-state index contributed by atoms with van der Waals surface area (Å²) in [6, 6.07) is 0. The number of Topliss-reactive ketones (excluding diaryl/α,β-unsaturated/α-hetero) is 1. The minimum absolute atomic E-state index is 0.161. The van der Waals surface area contributed by atoms with Crippen molar-refractivity contribution in [3.05, 3.63) is 0 Å². The Balaban J connectivity index is 1.85. The lowest BCUT2D eigenvalue weighted by molar-refractivity contribution is -0.122. The number of ether oxygens (including phenoxy) is 1. The minimum atomic E-state index is 0.161. The molecule has 1 saturated heterocycles. The summed E-state index contributed by atoms with van der Waals surface area (Å²) >= 11 is 0. The molecule has 16 heavy (non-hydrogen) atoms. The summed E-state index contributed by atoms with van der Waals surface area (Å²) in [6.07, 6.45) is 6.33. The van der Waals surface area contributed by atoms with Gasteiger partial charge in [0.05, 0.1) is 11.7 Å². The van der Waals surface area contributed by atoms with Crippen LogP contribution in [0, 0.1) is 17.3 Å². The number of epoxide rings is 1. The van der Waals surface area contributed by atoms with Gasteiger partial charge in [-0.1, -0.05) is 6.92 Å². The van der Waals surface area contributed by atoms with E-state index in [1.54, 1.807) is 6.92 Å². The number of fused-ring (bicyclic) bond motifs is 2. The van der Waals surface area contributed by atoms with E-state index in [9.17, 15) is 4.79 Å². The van der Waals surface area contributed by atoms with Crippen molar-refractivity contribution in [1.82, 2.24) is 0 Å². The van der Waals surface area contributed by atoms with Crippen LogP contribution in [0.15, 0.2) is 0 Å². The summed E-state index contributed by atoms with van der Waals surface area (Å²) < 4.78 is 5.83. The van der Waals surface area contributed by atoms with Crippen LogP contribution in [0.2, 0.25) is 0 Å². The van der Waals surface area contributed by atoms with E-state index in [1.165, 1.54) is 19.3 Å². The summed E-state index contributed by atoms with van der Waals surface area (Å²) in [7, 11) is 0. The molecule has 0 unspecified atom stereocenters. The fourth-order valence-corrected chi connectivity index (χ4v) is 4.28. The first kappa shape index (κ1) is 10.8. The molecule has 0 aromatic carbocycles. The van der Waals surface area contributed by atoms with Crippen molar-refractivity contribution in [2.75, 3.05) is 0 Å². The number of ketones is 1. The molecule has 3 fully saturated rings. The quantitative estimate of drug-likeness (QED) is 0.638. The Morgan fingerprint density at radius 3 is 2.69 bits per heavy atom. The van der Waals surface area contributed by atoms with Crippen molar-refractivity contribution >= 4 is 5.78 Å². The van der Waals surface area contributed by atoms with Gasteiger partial charge in [-0.25, -0.2) is 0 Å². The molecular formula is C14H22O2. The van der Waals surface area contributed by atoms with Gasteiger partial charge in [-0.15, -0.1) is 0 Å². The lowest BCUT2D eigenvalue weighted by Crippen LogP contribution is -2.28. The van der Waals surface area contributed by atoms with Crippen LogP contribution in [0.5, 0.6) is 0 Å². The molecule has 2 nitrogen and oxygen atoms in total. The highest BCUT2D eigenvalue weighted by Gasteiger charge is 2.60. The monoisotopic (exact) mass is 222 g/mol. The first-order valence-corrected chi connectivity index (χ1v) is 6.63.